The molecule has 0 saturated heterocycles. The molecule has 4 atom stereocenters. The van der Waals surface area contributed by atoms with Crippen LogP contribution in [0.2, 0.25) is 0 Å². The van der Waals surface area contributed by atoms with Crippen molar-refractivity contribution in [3.05, 3.63) is 157 Å². The van der Waals surface area contributed by atoms with Crippen molar-refractivity contribution in [2.24, 2.45) is 11.8 Å². The van der Waals surface area contributed by atoms with E-state index in [2.05, 4.69) is 72.8 Å². The Bertz CT molecular complexity index is 2520. The lowest BCUT2D eigenvalue weighted by Crippen LogP contribution is -2.58. The number of carbonyl (C=O) groups is 2. The minimum atomic E-state index is -1.17. The van der Waals surface area contributed by atoms with E-state index in [4.69, 9.17) is 18.6 Å². The highest BCUT2D eigenvalue weighted by Crippen LogP contribution is 2.52. The highest BCUT2D eigenvalue weighted by molar-refractivity contribution is 5.90. The van der Waals surface area contributed by atoms with E-state index in [0.717, 1.165) is 68.1 Å². The number of hydrogen-bond donors (Lipinski definition) is 1. The van der Waals surface area contributed by atoms with Crippen LogP contribution in [0.3, 0.4) is 0 Å². The predicted molar refractivity (Wildman–Crippen MR) is 246 cm³/mol. The number of benzene rings is 4. The van der Waals surface area contributed by atoms with Crippen LogP contribution in [0.1, 0.15) is 143 Å². The van der Waals surface area contributed by atoms with Crippen molar-refractivity contribution >= 4 is 22.9 Å². The fourth-order valence-electron chi connectivity index (χ4n) is 10.5. The van der Waals surface area contributed by atoms with E-state index < -0.39 is 35.4 Å². The summed E-state index contributed by atoms with van der Waals surface area (Å²) in [6.45, 7) is 9.22. The van der Waals surface area contributed by atoms with Crippen LogP contribution in [-0.2, 0) is 51.4 Å². The average Bonchev–Trinajstić information content (AvgIpc) is 3.27. The topological polar surface area (TPSA) is 112 Å². The molecule has 0 radical (unpaired) electrons. The average molecular weight is 851 g/mol. The van der Waals surface area contributed by atoms with Gasteiger partial charge in [-0.25, -0.2) is 9.59 Å². The monoisotopic (exact) mass is 850 g/mol. The van der Waals surface area contributed by atoms with Gasteiger partial charge >= 0.3 is 17.6 Å². The fraction of sp³-hybridized carbons (Fsp3) is 0.436. The standard InChI is InChI=1S/C55H62O8/c1-34(2)43-26-25-36-19-21-39(22-20-36)31-41(24-23-38-15-12-16-40(30-38)29-37-13-8-6-9-14-37)32-47(57)60-51-49-46(28-27-44-45(33-56)48(35(3)4)54(59)61-50(44)49)63-55(5,52(51)62-53(43)58)42-17-10-7-11-18-42/h6,8-9,12-16,19-22,27-28,30,35,41-42,51-52,56H,7,10-11,17-18,23-26,29,31-33H2,1-5H3/t41-,51-,52+,55+/m1/s1. The number of aliphatic hydroxyl groups is 1. The summed E-state index contributed by atoms with van der Waals surface area (Å²) in [6.07, 6.45) is 6.86. The van der Waals surface area contributed by atoms with Gasteiger partial charge < -0.3 is 23.7 Å². The molecule has 3 aliphatic heterocycles. The maximum atomic E-state index is 14.8. The molecule has 63 heavy (non-hydrogen) atoms. The smallest absolute Gasteiger partial charge is 0.340 e. The van der Waals surface area contributed by atoms with Gasteiger partial charge in [-0.3, -0.25) is 4.79 Å². The second-order valence-corrected chi connectivity index (χ2v) is 18.9. The number of esters is 2. The molecular formula is C55H62O8. The van der Waals surface area contributed by atoms with Crippen LogP contribution >= 0.6 is 0 Å². The lowest BCUT2D eigenvalue weighted by atomic mass is 9.71. The van der Waals surface area contributed by atoms with Crippen molar-refractivity contribution in [2.45, 2.75) is 142 Å². The Hall–Kier alpha value is -5.47. The second-order valence-electron chi connectivity index (χ2n) is 18.9. The largest absolute Gasteiger partial charge is 0.483 e. The summed E-state index contributed by atoms with van der Waals surface area (Å²) in [5, 5.41) is 11.3. The van der Waals surface area contributed by atoms with Crippen molar-refractivity contribution < 1.29 is 33.3 Å². The van der Waals surface area contributed by atoms with Crippen LogP contribution in [-0.4, -0.2) is 28.8 Å². The molecule has 1 N–H and O–H groups in total. The Balaban J connectivity index is 1.22. The third kappa shape index (κ3) is 9.57. The Labute approximate surface area is 371 Å². The van der Waals surface area contributed by atoms with Crippen LogP contribution in [0.25, 0.3) is 11.0 Å². The first-order chi connectivity index (χ1) is 30.4. The lowest BCUT2D eigenvalue weighted by molar-refractivity contribution is -0.201. The van der Waals surface area contributed by atoms with Gasteiger partial charge in [-0.05, 0) is 129 Å². The van der Waals surface area contributed by atoms with E-state index in [1.165, 1.54) is 16.7 Å². The fourth-order valence-corrected chi connectivity index (χ4v) is 10.5. The Morgan fingerprint density at radius 2 is 1.51 bits per heavy atom. The summed E-state index contributed by atoms with van der Waals surface area (Å²) in [4.78, 5) is 43.3. The van der Waals surface area contributed by atoms with E-state index in [-0.39, 0.29) is 36.4 Å². The van der Waals surface area contributed by atoms with E-state index in [1.54, 1.807) is 0 Å². The molecular weight excluding hydrogens is 789 g/mol. The SMILES string of the molecule is CC(C)=C1CCc2ccc(cc2)C[C@@H](CCc2cccc(Cc3ccccc3)c2)CC(=O)O[C@@H]2c3c(ccc4c(CO)c(C(C)C)c(=O)oc34)O[C@@](C)(C3CCCCC3)[C@H]2OC1=O. The third-order valence-electron chi connectivity index (χ3n) is 13.9. The van der Waals surface area contributed by atoms with Gasteiger partial charge in [0.2, 0.25) is 0 Å². The van der Waals surface area contributed by atoms with E-state index in [9.17, 15) is 19.5 Å². The van der Waals surface area contributed by atoms with Crippen LogP contribution in [0.15, 0.2) is 111 Å². The number of fused-ring (bicyclic) bond motifs is 13. The van der Waals surface area contributed by atoms with E-state index in [1.807, 2.05) is 52.8 Å². The number of hydrogen-bond acceptors (Lipinski definition) is 8. The number of ether oxygens (including phenoxy) is 3. The summed E-state index contributed by atoms with van der Waals surface area (Å²) in [6, 6.07) is 31.3. The Morgan fingerprint density at radius 3 is 2.22 bits per heavy atom. The number of aryl methyl sites for hydroxylation is 2. The maximum absolute atomic E-state index is 14.8. The van der Waals surface area contributed by atoms with Gasteiger partial charge in [-0.1, -0.05) is 118 Å². The highest BCUT2D eigenvalue weighted by Gasteiger charge is 2.56. The molecule has 9 rings (SSSR count). The summed E-state index contributed by atoms with van der Waals surface area (Å²) in [5.41, 5.74) is 7.07. The second kappa shape index (κ2) is 19.1. The summed E-state index contributed by atoms with van der Waals surface area (Å²) < 4.78 is 26.8. The molecule has 0 amide bonds. The molecule has 8 nitrogen and oxygen atoms in total. The quantitative estimate of drug-likeness (QED) is 0.0933. The predicted octanol–water partition coefficient (Wildman–Crippen LogP) is 11.4. The minimum Gasteiger partial charge on any atom is -0.483 e. The number of carbonyl (C=O) groups excluding carboxylic acids is 2. The van der Waals surface area contributed by atoms with Crippen molar-refractivity contribution in [3.8, 4) is 5.75 Å². The molecule has 1 aromatic heterocycles. The zero-order valence-electron chi connectivity index (χ0n) is 37.5. The van der Waals surface area contributed by atoms with Gasteiger partial charge in [0, 0.05) is 28.9 Å². The molecule has 0 spiro atoms. The maximum Gasteiger partial charge on any atom is 0.340 e. The molecule has 2 bridgehead atoms. The van der Waals surface area contributed by atoms with Crippen molar-refractivity contribution in [2.75, 3.05) is 0 Å². The van der Waals surface area contributed by atoms with Crippen molar-refractivity contribution in [3.63, 3.8) is 0 Å². The zero-order chi connectivity index (χ0) is 44.3. The molecule has 330 valence electrons. The van der Waals surface area contributed by atoms with Crippen LogP contribution in [0.4, 0.5) is 0 Å². The Morgan fingerprint density at radius 1 is 0.794 bits per heavy atom. The Kier molecular flexibility index (Phi) is 13.4. The van der Waals surface area contributed by atoms with Gasteiger partial charge in [0.1, 0.15) is 16.9 Å². The number of allylic oxidation sites excluding steroid dienone is 1. The van der Waals surface area contributed by atoms with Crippen molar-refractivity contribution in [1.29, 1.82) is 0 Å². The lowest BCUT2D eigenvalue weighted by Gasteiger charge is -2.50. The van der Waals surface area contributed by atoms with Crippen molar-refractivity contribution in [1.82, 2.24) is 0 Å². The molecule has 1 fully saturated rings. The number of aliphatic hydroxyl groups excluding tert-OH is 1. The normalized spacial score (nSPS) is 22.3. The van der Waals surface area contributed by atoms with E-state index in [0.29, 0.717) is 52.7 Å². The first-order valence-electron chi connectivity index (χ1n) is 23.1. The van der Waals surface area contributed by atoms with Gasteiger partial charge in [-0.15, -0.1) is 0 Å². The molecule has 0 unspecified atom stereocenters. The summed E-state index contributed by atoms with van der Waals surface area (Å²) in [5.74, 6) is -0.808. The van der Waals surface area contributed by atoms with Gasteiger partial charge in [-0.2, -0.15) is 0 Å². The molecule has 4 aliphatic rings. The zero-order valence-corrected chi connectivity index (χ0v) is 37.5. The van der Waals surface area contributed by atoms with Gasteiger partial charge in [0.05, 0.1) is 12.2 Å². The molecule has 1 saturated carbocycles. The highest BCUT2D eigenvalue weighted by atomic mass is 16.6. The summed E-state index contributed by atoms with van der Waals surface area (Å²) in [7, 11) is 0. The van der Waals surface area contributed by atoms with Crippen LogP contribution in [0.5, 0.6) is 5.75 Å². The summed E-state index contributed by atoms with van der Waals surface area (Å²) >= 11 is 0. The molecule has 1 aliphatic carbocycles. The number of rotatable bonds is 8. The van der Waals surface area contributed by atoms with Crippen LogP contribution < -0.4 is 10.4 Å². The molecule has 5 aromatic rings. The van der Waals surface area contributed by atoms with Gasteiger partial charge in [0.25, 0.3) is 0 Å². The first kappa shape index (κ1) is 44.1. The molecule has 8 heteroatoms. The van der Waals surface area contributed by atoms with E-state index >= 15 is 0 Å². The minimum absolute atomic E-state index is 0.0125. The molecule has 4 heterocycles. The van der Waals surface area contributed by atoms with Gasteiger partial charge in [0.15, 0.2) is 12.2 Å². The first-order valence-corrected chi connectivity index (χ1v) is 23.1. The third-order valence-corrected chi connectivity index (χ3v) is 13.9. The van der Waals surface area contributed by atoms with Crippen LogP contribution in [0, 0.1) is 11.8 Å². The molecule has 4 aromatic carbocycles.